The molecule has 26 heavy (non-hydrogen) atoms. The van der Waals surface area contributed by atoms with Crippen molar-refractivity contribution in [3.8, 4) is 5.69 Å². The molecule has 0 saturated carbocycles. The summed E-state index contributed by atoms with van der Waals surface area (Å²) < 4.78 is 1.73. The molecule has 1 aromatic heterocycles. The Morgan fingerprint density at radius 3 is 2.38 bits per heavy atom. The zero-order valence-electron chi connectivity index (χ0n) is 15.3. The van der Waals surface area contributed by atoms with Crippen LogP contribution in [0.3, 0.4) is 0 Å². The maximum atomic E-state index is 12.5. The third kappa shape index (κ3) is 4.22. The molecular weight excluding hydrogens is 352 g/mol. The van der Waals surface area contributed by atoms with E-state index in [2.05, 4.69) is 34.3 Å². The van der Waals surface area contributed by atoms with E-state index in [1.807, 2.05) is 29.2 Å². The molecule has 0 unspecified atom stereocenters. The molecule has 1 aliphatic rings. The third-order valence-corrected chi connectivity index (χ3v) is 5.24. The van der Waals surface area contributed by atoms with Gasteiger partial charge in [-0.2, -0.15) is 4.68 Å². The van der Waals surface area contributed by atoms with Gasteiger partial charge in [-0.25, -0.2) is 0 Å². The van der Waals surface area contributed by atoms with Gasteiger partial charge in [0.2, 0.25) is 5.91 Å². The second kappa shape index (κ2) is 8.60. The molecule has 0 bridgehead atoms. The van der Waals surface area contributed by atoms with Crippen molar-refractivity contribution < 1.29 is 4.79 Å². The van der Waals surface area contributed by atoms with Crippen LogP contribution in [0.15, 0.2) is 24.3 Å². The van der Waals surface area contributed by atoms with E-state index >= 15 is 0 Å². The van der Waals surface area contributed by atoms with Crippen molar-refractivity contribution in [3.05, 3.63) is 35.1 Å². The number of hydrogen-bond donors (Lipinski definition) is 0. The molecular formula is C18H25ClN6O. The highest BCUT2D eigenvalue weighted by Gasteiger charge is 2.26. The fourth-order valence-corrected chi connectivity index (χ4v) is 3.44. The first-order chi connectivity index (χ1) is 12.6. The van der Waals surface area contributed by atoms with E-state index in [4.69, 9.17) is 11.6 Å². The number of carbonyl (C=O) groups is 1. The lowest BCUT2D eigenvalue weighted by molar-refractivity contribution is -0.137. The Hall–Kier alpha value is -1.99. The SMILES string of the molecule is CCC(CC)C(=O)N1CCN(Cc2nnnn2-c2ccc(Cl)cc2)CC1. The molecule has 1 amide bonds. The van der Waals surface area contributed by atoms with E-state index in [9.17, 15) is 4.79 Å². The van der Waals surface area contributed by atoms with Gasteiger partial charge in [0, 0.05) is 37.1 Å². The van der Waals surface area contributed by atoms with Gasteiger partial charge in [0.05, 0.1) is 12.2 Å². The Labute approximate surface area is 158 Å². The van der Waals surface area contributed by atoms with Gasteiger partial charge in [-0.05, 0) is 47.5 Å². The minimum atomic E-state index is 0.152. The fraction of sp³-hybridized carbons (Fsp3) is 0.556. The first-order valence-corrected chi connectivity index (χ1v) is 9.54. The van der Waals surface area contributed by atoms with Crippen molar-refractivity contribution >= 4 is 17.5 Å². The molecule has 0 radical (unpaired) electrons. The van der Waals surface area contributed by atoms with Crippen LogP contribution in [0.2, 0.25) is 5.02 Å². The predicted octanol–water partition coefficient (Wildman–Crippen LogP) is 2.40. The summed E-state index contributed by atoms with van der Waals surface area (Å²) in [6, 6.07) is 7.44. The molecule has 140 valence electrons. The van der Waals surface area contributed by atoms with Crippen molar-refractivity contribution in [3.63, 3.8) is 0 Å². The summed E-state index contributed by atoms with van der Waals surface area (Å²) in [5.41, 5.74) is 0.886. The zero-order valence-corrected chi connectivity index (χ0v) is 16.1. The topological polar surface area (TPSA) is 67.2 Å². The normalized spacial score (nSPS) is 15.6. The second-order valence-corrected chi connectivity index (χ2v) is 7.03. The van der Waals surface area contributed by atoms with E-state index < -0.39 is 0 Å². The summed E-state index contributed by atoms with van der Waals surface area (Å²) in [4.78, 5) is 16.8. The standard InChI is InChI=1S/C18H25ClN6O/c1-3-14(4-2)18(26)24-11-9-23(10-12-24)13-17-20-21-22-25(17)16-7-5-15(19)6-8-16/h5-8,14H,3-4,9-13H2,1-2H3. The molecule has 1 fully saturated rings. The highest BCUT2D eigenvalue weighted by molar-refractivity contribution is 6.30. The summed E-state index contributed by atoms with van der Waals surface area (Å²) in [6.07, 6.45) is 1.82. The van der Waals surface area contributed by atoms with Crippen LogP contribution >= 0.6 is 11.6 Å². The molecule has 8 heteroatoms. The average Bonchev–Trinajstić information content (AvgIpc) is 3.12. The Balaban J connectivity index is 1.60. The average molecular weight is 377 g/mol. The molecule has 2 aromatic rings. The Morgan fingerprint density at radius 2 is 1.77 bits per heavy atom. The molecule has 2 heterocycles. The summed E-state index contributed by atoms with van der Waals surface area (Å²) in [7, 11) is 0. The molecule has 0 spiro atoms. The fourth-order valence-electron chi connectivity index (χ4n) is 3.31. The van der Waals surface area contributed by atoms with Crippen LogP contribution in [0.1, 0.15) is 32.5 Å². The minimum absolute atomic E-state index is 0.152. The molecule has 3 rings (SSSR count). The van der Waals surface area contributed by atoms with Gasteiger partial charge in [0.15, 0.2) is 5.82 Å². The molecule has 0 N–H and O–H groups in total. The number of aromatic nitrogens is 4. The van der Waals surface area contributed by atoms with E-state index in [1.54, 1.807) is 4.68 Å². The van der Waals surface area contributed by atoms with Crippen LogP contribution in [0.25, 0.3) is 5.69 Å². The number of halogens is 1. The van der Waals surface area contributed by atoms with E-state index in [-0.39, 0.29) is 5.92 Å². The van der Waals surface area contributed by atoms with Crippen LogP contribution in [-0.2, 0) is 11.3 Å². The molecule has 1 saturated heterocycles. The minimum Gasteiger partial charge on any atom is -0.340 e. The van der Waals surface area contributed by atoms with Gasteiger partial charge in [0.1, 0.15) is 0 Å². The molecule has 7 nitrogen and oxygen atoms in total. The lowest BCUT2D eigenvalue weighted by atomic mass is 10.0. The van der Waals surface area contributed by atoms with Gasteiger partial charge in [-0.3, -0.25) is 9.69 Å². The van der Waals surface area contributed by atoms with Crippen molar-refractivity contribution in [1.29, 1.82) is 0 Å². The van der Waals surface area contributed by atoms with E-state index in [0.29, 0.717) is 17.5 Å². The Kier molecular flexibility index (Phi) is 6.21. The summed E-state index contributed by atoms with van der Waals surface area (Å²) in [5.74, 6) is 1.23. The van der Waals surface area contributed by atoms with Crippen LogP contribution < -0.4 is 0 Å². The van der Waals surface area contributed by atoms with Crippen LogP contribution in [0.4, 0.5) is 0 Å². The van der Waals surface area contributed by atoms with E-state index in [1.165, 1.54) is 0 Å². The van der Waals surface area contributed by atoms with Crippen molar-refractivity contribution in [2.75, 3.05) is 26.2 Å². The predicted molar refractivity (Wildman–Crippen MR) is 100 cm³/mol. The second-order valence-electron chi connectivity index (χ2n) is 6.60. The Morgan fingerprint density at radius 1 is 1.12 bits per heavy atom. The quantitative estimate of drug-likeness (QED) is 0.774. The first-order valence-electron chi connectivity index (χ1n) is 9.16. The number of hydrogen-bond acceptors (Lipinski definition) is 5. The molecule has 1 aliphatic heterocycles. The van der Waals surface area contributed by atoms with Crippen LogP contribution in [0, 0.1) is 5.92 Å². The maximum Gasteiger partial charge on any atom is 0.225 e. The monoisotopic (exact) mass is 376 g/mol. The van der Waals surface area contributed by atoms with Gasteiger partial charge in [-0.1, -0.05) is 25.4 Å². The van der Waals surface area contributed by atoms with Gasteiger partial charge in [-0.15, -0.1) is 5.10 Å². The highest BCUT2D eigenvalue weighted by atomic mass is 35.5. The number of carbonyl (C=O) groups excluding carboxylic acids is 1. The third-order valence-electron chi connectivity index (χ3n) is 4.99. The largest absolute Gasteiger partial charge is 0.340 e. The van der Waals surface area contributed by atoms with Crippen molar-refractivity contribution in [1.82, 2.24) is 30.0 Å². The Bertz CT molecular complexity index is 720. The summed E-state index contributed by atoms with van der Waals surface area (Å²) in [5, 5.41) is 12.8. The lowest BCUT2D eigenvalue weighted by Crippen LogP contribution is -2.50. The van der Waals surface area contributed by atoms with Crippen molar-refractivity contribution in [2.45, 2.75) is 33.2 Å². The summed E-state index contributed by atoms with van der Waals surface area (Å²) >= 11 is 5.95. The lowest BCUT2D eigenvalue weighted by Gasteiger charge is -2.36. The number of benzene rings is 1. The smallest absolute Gasteiger partial charge is 0.225 e. The van der Waals surface area contributed by atoms with E-state index in [0.717, 1.165) is 50.5 Å². The number of amides is 1. The number of piperazine rings is 1. The first kappa shape index (κ1) is 18.8. The summed E-state index contributed by atoms with van der Waals surface area (Å²) in [6.45, 7) is 8.01. The number of rotatable bonds is 6. The highest BCUT2D eigenvalue weighted by Crippen LogP contribution is 2.16. The number of tetrazole rings is 1. The van der Waals surface area contributed by atoms with Gasteiger partial charge in [0.25, 0.3) is 0 Å². The van der Waals surface area contributed by atoms with Crippen LogP contribution in [-0.4, -0.2) is 62.1 Å². The zero-order chi connectivity index (χ0) is 18.5. The molecule has 0 atom stereocenters. The van der Waals surface area contributed by atoms with Crippen molar-refractivity contribution in [2.24, 2.45) is 5.92 Å². The number of nitrogens with zero attached hydrogens (tertiary/aromatic N) is 6. The molecule has 0 aliphatic carbocycles. The molecule has 1 aromatic carbocycles. The van der Waals surface area contributed by atoms with Gasteiger partial charge < -0.3 is 4.90 Å². The maximum absolute atomic E-state index is 12.5. The van der Waals surface area contributed by atoms with Gasteiger partial charge >= 0.3 is 0 Å². The van der Waals surface area contributed by atoms with Crippen LogP contribution in [0.5, 0.6) is 0 Å².